The first kappa shape index (κ1) is 61.0. The van der Waals surface area contributed by atoms with Crippen LogP contribution in [0.3, 0.4) is 0 Å². The highest BCUT2D eigenvalue weighted by Crippen LogP contribution is 2.47. The summed E-state index contributed by atoms with van der Waals surface area (Å²) in [6.45, 7) is 29.5. The van der Waals surface area contributed by atoms with Gasteiger partial charge in [-0.2, -0.15) is 0 Å². The molecule has 0 aliphatic heterocycles. The molecule has 376 valence electrons. The molecule has 1 amide bonds. The summed E-state index contributed by atoms with van der Waals surface area (Å²) in [5.74, 6) is -0.497. The van der Waals surface area contributed by atoms with Crippen LogP contribution in [0.2, 0.25) is 0 Å². The number of aliphatic hydroxyl groups excluding tert-OH is 1. The minimum absolute atomic E-state index is 0. The Kier molecular flexibility index (Phi) is 23.4. The predicted molar refractivity (Wildman–Crippen MR) is 276 cm³/mol. The number of sulfonamides is 1. The van der Waals surface area contributed by atoms with Crippen LogP contribution in [-0.4, -0.2) is 61.7 Å². The third-order valence-corrected chi connectivity index (χ3v) is 12.6. The van der Waals surface area contributed by atoms with Crippen LogP contribution in [-0.2, 0) is 74.9 Å². The Bertz CT molecular complexity index is 2310. The molecule has 0 unspecified atom stereocenters. The Morgan fingerprint density at radius 1 is 0.662 bits per heavy atom. The smallest absolute Gasteiger partial charge is 0.311 e. The molecule has 1 fully saturated rings. The molecule has 1 aromatic heterocycles. The highest BCUT2D eigenvalue weighted by Gasteiger charge is 2.54. The van der Waals surface area contributed by atoms with E-state index in [1.807, 2.05) is 73.8 Å². The van der Waals surface area contributed by atoms with Crippen LogP contribution in [0.4, 0.5) is 0 Å². The van der Waals surface area contributed by atoms with Gasteiger partial charge in [0.2, 0.25) is 15.9 Å². The summed E-state index contributed by atoms with van der Waals surface area (Å²) in [6.07, 6.45) is 5.01. The van der Waals surface area contributed by atoms with E-state index in [1.54, 1.807) is 19.1 Å². The van der Waals surface area contributed by atoms with Gasteiger partial charge in [-0.05, 0) is 99.4 Å². The lowest BCUT2D eigenvalue weighted by Gasteiger charge is -2.19. The SMILES string of the molecule is C.CC(=O)Cc1ccc(C(C)(C)C)cc1.CC(C)(C)c1ccc(CC(=O)C2(C(N)=O)CC2)cc1.CC(C)(C)c1ccc(S(=O)(=O)NCCO)cc1.CCCOC(=O)Cc1ccc(C(C)(C)C)cn1. The van der Waals surface area contributed by atoms with Crippen molar-refractivity contribution >= 4 is 33.5 Å². The number of esters is 1. The Morgan fingerprint density at radius 3 is 1.41 bits per heavy atom. The molecular formula is C56H83N3O8S. The fourth-order valence-corrected chi connectivity index (χ4v) is 7.48. The van der Waals surface area contributed by atoms with Gasteiger partial charge in [0.1, 0.15) is 11.2 Å². The van der Waals surface area contributed by atoms with Gasteiger partial charge in [-0.1, -0.05) is 164 Å². The molecule has 4 aromatic rings. The molecule has 5 rings (SSSR count). The summed E-state index contributed by atoms with van der Waals surface area (Å²) in [5, 5.41) is 8.60. The maximum atomic E-state index is 12.1. The highest BCUT2D eigenvalue weighted by molar-refractivity contribution is 7.89. The Labute approximate surface area is 409 Å². The summed E-state index contributed by atoms with van der Waals surface area (Å²) >= 11 is 0. The summed E-state index contributed by atoms with van der Waals surface area (Å²) in [6, 6.07) is 27.1. The van der Waals surface area contributed by atoms with Crippen LogP contribution in [0.5, 0.6) is 0 Å². The number of aliphatic hydroxyl groups is 1. The molecule has 1 saturated carbocycles. The standard InChI is InChI=1S/C16H21NO2.C14H21NO2.C13H18O.C12H19NO3S.CH4/c1-15(2,3)12-6-4-11(5-7-12)10-13(18)16(8-9-16)14(17)19;1-5-8-17-13(16)9-12-7-6-11(10-15-12)14(2,3)4;1-10(14)9-11-5-7-12(8-6-11)13(2,3)4;1-12(2,3)10-4-6-11(7-5-10)17(15,16)13-8-9-14;/h4-7H,8-10H2,1-3H3,(H2,17,19);6-7,10H,5,8-9H2,1-4H3;5-8H,9H2,1-4H3;4-7,13-14H,8-9H2,1-3H3;1H4. The van der Waals surface area contributed by atoms with E-state index >= 15 is 0 Å². The van der Waals surface area contributed by atoms with Gasteiger partial charge in [-0.3, -0.25) is 24.2 Å². The first-order valence-electron chi connectivity index (χ1n) is 23.2. The Hall–Kier alpha value is -5.04. The van der Waals surface area contributed by atoms with Gasteiger partial charge in [0.05, 0.1) is 30.2 Å². The molecule has 68 heavy (non-hydrogen) atoms. The number of nitrogens with zero attached hydrogens (tertiary/aromatic N) is 1. The molecule has 12 heteroatoms. The third-order valence-electron chi connectivity index (χ3n) is 11.1. The number of pyridine rings is 1. The lowest BCUT2D eigenvalue weighted by Crippen LogP contribution is -2.33. The lowest BCUT2D eigenvalue weighted by atomic mass is 9.86. The summed E-state index contributed by atoms with van der Waals surface area (Å²) in [4.78, 5) is 50.2. The van der Waals surface area contributed by atoms with Gasteiger partial charge >= 0.3 is 5.97 Å². The van der Waals surface area contributed by atoms with Crippen LogP contribution in [0.1, 0.15) is 163 Å². The topological polar surface area (TPSA) is 183 Å². The average Bonchev–Trinajstić information content (AvgIpc) is 4.05. The van der Waals surface area contributed by atoms with Crippen molar-refractivity contribution in [2.75, 3.05) is 19.8 Å². The minimum atomic E-state index is -3.49. The second kappa shape index (κ2) is 26.1. The number of carbonyl (C=O) groups excluding carboxylic acids is 4. The number of rotatable bonds is 14. The van der Waals surface area contributed by atoms with Crippen molar-refractivity contribution in [3.63, 3.8) is 0 Å². The number of carbonyl (C=O) groups is 4. The van der Waals surface area contributed by atoms with E-state index in [1.165, 1.54) is 16.7 Å². The second-order valence-corrected chi connectivity index (χ2v) is 23.2. The number of hydrogen-bond acceptors (Lipinski definition) is 9. The van der Waals surface area contributed by atoms with Gasteiger partial charge in [-0.15, -0.1) is 0 Å². The summed E-state index contributed by atoms with van der Waals surface area (Å²) in [5.41, 5.74) is 12.4. The van der Waals surface area contributed by atoms with Crippen molar-refractivity contribution in [1.29, 1.82) is 0 Å². The first-order chi connectivity index (χ1) is 30.8. The lowest BCUT2D eigenvalue weighted by molar-refractivity contribution is -0.143. The largest absolute Gasteiger partial charge is 0.465 e. The zero-order valence-electron chi connectivity index (χ0n) is 42.8. The van der Waals surface area contributed by atoms with Crippen LogP contribution >= 0.6 is 0 Å². The molecule has 4 N–H and O–H groups in total. The van der Waals surface area contributed by atoms with Crippen LogP contribution in [0.15, 0.2) is 96.0 Å². The molecule has 0 radical (unpaired) electrons. The molecule has 1 aliphatic rings. The number of benzene rings is 3. The number of nitrogens with one attached hydrogen (secondary N) is 1. The van der Waals surface area contributed by atoms with Crippen LogP contribution in [0.25, 0.3) is 0 Å². The zero-order chi connectivity index (χ0) is 51.0. The number of Topliss-reactive ketones (excluding diaryl/α,β-unsaturated/α-hetero) is 2. The number of amides is 1. The molecule has 0 spiro atoms. The maximum absolute atomic E-state index is 12.1. The van der Waals surface area contributed by atoms with E-state index in [0.717, 1.165) is 28.8 Å². The number of ether oxygens (including phenoxy) is 1. The Morgan fingerprint density at radius 2 is 1.07 bits per heavy atom. The molecule has 0 bridgehead atoms. The van der Waals surface area contributed by atoms with E-state index in [0.29, 0.717) is 32.3 Å². The van der Waals surface area contributed by atoms with Gasteiger partial charge in [0.25, 0.3) is 0 Å². The molecule has 1 heterocycles. The molecule has 0 atom stereocenters. The average molecular weight is 958 g/mol. The highest BCUT2D eigenvalue weighted by atomic mass is 32.2. The van der Waals surface area contributed by atoms with Crippen LogP contribution in [0, 0.1) is 5.41 Å². The fourth-order valence-electron chi connectivity index (χ4n) is 6.46. The van der Waals surface area contributed by atoms with Crippen molar-refractivity contribution < 1.29 is 37.4 Å². The summed E-state index contributed by atoms with van der Waals surface area (Å²) < 4.78 is 30.8. The quantitative estimate of drug-likeness (QED) is 0.0818. The van der Waals surface area contributed by atoms with Crippen LogP contribution < -0.4 is 10.5 Å². The normalized spacial score (nSPS) is 13.1. The van der Waals surface area contributed by atoms with Gasteiger partial charge in [-0.25, -0.2) is 13.1 Å². The van der Waals surface area contributed by atoms with Gasteiger partial charge < -0.3 is 15.6 Å². The number of aromatic nitrogens is 1. The molecule has 3 aromatic carbocycles. The maximum Gasteiger partial charge on any atom is 0.311 e. The van der Waals surface area contributed by atoms with E-state index in [4.69, 9.17) is 15.6 Å². The monoisotopic (exact) mass is 958 g/mol. The second-order valence-electron chi connectivity index (χ2n) is 21.4. The van der Waals surface area contributed by atoms with Crippen molar-refractivity contribution in [3.8, 4) is 0 Å². The van der Waals surface area contributed by atoms with Crippen molar-refractivity contribution in [3.05, 3.63) is 130 Å². The zero-order valence-corrected chi connectivity index (χ0v) is 43.6. The third kappa shape index (κ3) is 20.7. The number of primary amides is 1. The summed E-state index contributed by atoms with van der Waals surface area (Å²) in [7, 11) is -3.49. The fraction of sp³-hybridized carbons (Fsp3) is 0.518. The Balaban J connectivity index is 0.000000454. The van der Waals surface area contributed by atoms with Crippen molar-refractivity contribution in [1.82, 2.24) is 9.71 Å². The molecule has 1 aliphatic carbocycles. The number of ketones is 2. The molecule has 0 saturated heterocycles. The molecular weight excluding hydrogens is 875 g/mol. The minimum Gasteiger partial charge on any atom is -0.465 e. The first-order valence-corrected chi connectivity index (χ1v) is 24.7. The van der Waals surface area contributed by atoms with E-state index < -0.39 is 21.3 Å². The van der Waals surface area contributed by atoms with Gasteiger partial charge in [0, 0.05) is 25.6 Å². The molecule has 11 nitrogen and oxygen atoms in total. The van der Waals surface area contributed by atoms with Crippen molar-refractivity contribution in [2.45, 2.75) is 169 Å². The number of hydrogen-bond donors (Lipinski definition) is 3. The van der Waals surface area contributed by atoms with E-state index in [-0.39, 0.29) is 71.1 Å². The van der Waals surface area contributed by atoms with Crippen molar-refractivity contribution in [2.24, 2.45) is 11.1 Å². The number of nitrogens with two attached hydrogens (primary N) is 1. The van der Waals surface area contributed by atoms with E-state index in [9.17, 15) is 27.6 Å². The predicted octanol–water partition coefficient (Wildman–Crippen LogP) is 10.2. The van der Waals surface area contributed by atoms with E-state index in [2.05, 4.69) is 105 Å². The van der Waals surface area contributed by atoms with Gasteiger partial charge in [0.15, 0.2) is 5.78 Å².